The summed E-state index contributed by atoms with van der Waals surface area (Å²) in [6.45, 7) is 4.74. The van der Waals surface area contributed by atoms with Crippen LogP contribution in [0.5, 0.6) is 0 Å². The standard InChI is InChI=1S/C10H16/c1-3-10-7(2)8-4-5-9(10)6-8/h4,7,9-10H,3,5-6H2,1-2H3. The predicted molar refractivity (Wildman–Crippen MR) is 43.8 cm³/mol. The third-order valence-electron chi connectivity index (χ3n) is 3.48. The van der Waals surface area contributed by atoms with Crippen LogP contribution in [0.1, 0.15) is 33.1 Å². The molecule has 2 rings (SSSR count). The summed E-state index contributed by atoms with van der Waals surface area (Å²) in [5.41, 5.74) is 1.76. The Morgan fingerprint density at radius 2 is 2.40 bits per heavy atom. The first-order valence-corrected chi connectivity index (χ1v) is 4.52. The van der Waals surface area contributed by atoms with Crippen LogP contribution in [0.4, 0.5) is 0 Å². The summed E-state index contributed by atoms with van der Waals surface area (Å²) >= 11 is 0. The highest BCUT2D eigenvalue weighted by atomic mass is 14.4. The fourth-order valence-corrected chi connectivity index (χ4v) is 2.84. The van der Waals surface area contributed by atoms with Gasteiger partial charge in [0.05, 0.1) is 0 Å². The first-order chi connectivity index (χ1) is 4.83. The fraction of sp³-hybridized carbons (Fsp3) is 0.800. The maximum Gasteiger partial charge on any atom is -0.0200 e. The topological polar surface area (TPSA) is 0 Å². The zero-order valence-electron chi connectivity index (χ0n) is 6.93. The molecule has 0 aromatic carbocycles. The van der Waals surface area contributed by atoms with E-state index in [-0.39, 0.29) is 0 Å². The number of rotatable bonds is 1. The van der Waals surface area contributed by atoms with Gasteiger partial charge in [-0.1, -0.05) is 31.9 Å². The monoisotopic (exact) mass is 136 g/mol. The highest BCUT2D eigenvalue weighted by Crippen LogP contribution is 2.49. The van der Waals surface area contributed by atoms with Gasteiger partial charge in [-0.15, -0.1) is 0 Å². The summed E-state index contributed by atoms with van der Waals surface area (Å²) in [5.74, 6) is 2.98. The summed E-state index contributed by atoms with van der Waals surface area (Å²) < 4.78 is 0. The first kappa shape index (κ1) is 6.45. The molecule has 0 aromatic heterocycles. The number of fused-ring (bicyclic) bond motifs is 2. The molecule has 2 aliphatic carbocycles. The Labute approximate surface area is 63.3 Å². The molecule has 0 heterocycles. The van der Waals surface area contributed by atoms with Gasteiger partial charge in [0.2, 0.25) is 0 Å². The van der Waals surface area contributed by atoms with Gasteiger partial charge in [0, 0.05) is 0 Å². The summed E-state index contributed by atoms with van der Waals surface area (Å²) in [5, 5.41) is 0. The summed E-state index contributed by atoms with van der Waals surface area (Å²) in [4.78, 5) is 0. The van der Waals surface area contributed by atoms with Crippen molar-refractivity contribution in [3.05, 3.63) is 11.6 Å². The predicted octanol–water partition coefficient (Wildman–Crippen LogP) is 3.00. The average molecular weight is 136 g/mol. The molecule has 0 aliphatic heterocycles. The Kier molecular flexibility index (Phi) is 1.36. The van der Waals surface area contributed by atoms with Gasteiger partial charge in [-0.2, -0.15) is 0 Å². The van der Waals surface area contributed by atoms with Crippen LogP contribution in [0.25, 0.3) is 0 Å². The van der Waals surface area contributed by atoms with Crippen molar-refractivity contribution in [2.75, 3.05) is 0 Å². The Hall–Kier alpha value is -0.260. The second-order valence-corrected chi connectivity index (χ2v) is 3.84. The largest absolute Gasteiger partial charge is 0.0847 e. The molecular formula is C10H16. The van der Waals surface area contributed by atoms with E-state index < -0.39 is 0 Å². The number of hydrogen-bond donors (Lipinski definition) is 0. The van der Waals surface area contributed by atoms with Crippen LogP contribution < -0.4 is 0 Å². The smallest absolute Gasteiger partial charge is 0.0200 e. The maximum absolute atomic E-state index is 2.47. The van der Waals surface area contributed by atoms with Gasteiger partial charge in [0.15, 0.2) is 0 Å². The van der Waals surface area contributed by atoms with Gasteiger partial charge >= 0.3 is 0 Å². The number of allylic oxidation sites excluding steroid dienone is 2. The van der Waals surface area contributed by atoms with Crippen molar-refractivity contribution in [1.82, 2.24) is 0 Å². The zero-order chi connectivity index (χ0) is 7.14. The molecule has 3 atom stereocenters. The van der Waals surface area contributed by atoms with E-state index in [1.807, 2.05) is 0 Å². The third kappa shape index (κ3) is 0.680. The quantitative estimate of drug-likeness (QED) is 0.486. The van der Waals surface area contributed by atoms with E-state index in [1.54, 1.807) is 5.57 Å². The van der Waals surface area contributed by atoms with Crippen LogP contribution >= 0.6 is 0 Å². The SMILES string of the molecule is CCC1C2CC=C(C2)C1C. The molecule has 56 valence electrons. The molecule has 0 radical (unpaired) electrons. The van der Waals surface area contributed by atoms with Gasteiger partial charge in [-0.05, 0) is 30.6 Å². The van der Waals surface area contributed by atoms with E-state index in [0.717, 1.165) is 17.8 Å². The van der Waals surface area contributed by atoms with Gasteiger partial charge in [0.1, 0.15) is 0 Å². The first-order valence-electron chi connectivity index (χ1n) is 4.52. The lowest BCUT2D eigenvalue weighted by Gasteiger charge is -2.22. The molecule has 2 aliphatic rings. The Morgan fingerprint density at radius 3 is 2.80 bits per heavy atom. The van der Waals surface area contributed by atoms with Crippen molar-refractivity contribution in [2.45, 2.75) is 33.1 Å². The lowest BCUT2D eigenvalue weighted by molar-refractivity contribution is 0.317. The molecule has 2 bridgehead atoms. The molecule has 1 saturated carbocycles. The Balaban J connectivity index is 2.20. The van der Waals surface area contributed by atoms with Crippen molar-refractivity contribution in [2.24, 2.45) is 17.8 Å². The van der Waals surface area contributed by atoms with E-state index in [0.29, 0.717) is 0 Å². The van der Waals surface area contributed by atoms with E-state index in [9.17, 15) is 0 Å². The van der Waals surface area contributed by atoms with Crippen molar-refractivity contribution < 1.29 is 0 Å². The van der Waals surface area contributed by atoms with Crippen LogP contribution in [0, 0.1) is 17.8 Å². The minimum absolute atomic E-state index is 0.920. The van der Waals surface area contributed by atoms with E-state index in [2.05, 4.69) is 19.9 Å². The van der Waals surface area contributed by atoms with Crippen LogP contribution in [0.3, 0.4) is 0 Å². The Bertz CT molecular complexity index is 167. The van der Waals surface area contributed by atoms with E-state index >= 15 is 0 Å². The summed E-state index contributed by atoms with van der Waals surface area (Å²) in [6.07, 6.45) is 6.68. The molecule has 0 amide bonds. The molecular weight excluding hydrogens is 120 g/mol. The molecule has 0 N–H and O–H groups in total. The summed E-state index contributed by atoms with van der Waals surface area (Å²) in [7, 11) is 0. The lowest BCUT2D eigenvalue weighted by Crippen LogP contribution is -2.13. The summed E-state index contributed by atoms with van der Waals surface area (Å²) in [6, 6.07) is 0. The number of hydrogen-bond acceptors (Lipinski definition) is 0. The van der Waals surface area contributed by atoms with Crippen LogP contribution in [-0.2, 0) is 0 Å². The zero-order valence-corrected chi connectivity index (χ0v) is 6.93. The lowest BCUT2D eigenvalue weighted by atomic mass is 9.83. The van der Waals surface area contributed by atoms with Gasteiger partial charge in [-0.25, -0.2) is 0 Å². The molecule has 0 spiro atoms. The third-order valence-corrected chi connectivity index (χ3v) is 3.48. The van der Waals surface area contributed by atoms with Gasteiger partial charge < -0.3 is 0 Å². The second-order valence-electron chi connectivity index (χ2n) is 3.84. The molecule has 0 aromatic rings. The van der Waals surface area contributed by atoms with E-state index in [4.69, 9.17) is 0 Å². The average Bonchev–Trinajstić information content (AvgIpc) is 2.46. The van der Waals surface area contributed by atoms with Crippen molar-refractivity contribution in [3.8, 4) is 0 Å². The molecule has 3 unspecified atom stereocenters. The minimum atomic E-state index is 0.920. The van der Waals surface area contributed by atoms with Crippen molar-refractivity contribution in [3.63, 3.8) is 0 Å². The maximum atomic E-state index is 2.47. The van der Waals surface area contributed by atoms with Gasteiger partial charge in [0.25, 0.3) is 0 Å². The van der Waals surface area contributed by atoms with Crippen LogP contribution in [0.15, 0.2) is 11.6 Å². The molecule has 1 fully saturated rings. The van der Waals surface area contributed by atoms with Crippen molar-refractivity contribution in [1.29, 1.82) is 0 Å². The van der Waals surface area contributed by atoms with E-state index in [1.165, 1.54) is 19.3 Å². The highest BCUT2D eigenvalue weighted by molar-refractivity contribution is 5.21. The molecule has 0 heteroatoms. The van der Waals surface area contributed by atoms with Crippen LogP contribution in [-0.4, -0.2) is 0 Å². The highest BCUT2D eigenvalue weighted by Gasteiger charge is 2.38. The van der Waals surface area contributed by atoms with Crippen molar-refractivity contribution >= 4 is 0 Å². The molecule has 0 nitrogen and oxygen atoms in total. The normalized spacial score (nSPS) is 44.2. The Morgan fingerprint density at radius 1 is 1.60 bits per heavy atom. The fourth-order valence-electron chi connectivity index (χ4n) is 2.84. The molecule has 0 saturated heterocycles. The van der Waals surface area contributed by atoms with Gasteiger partial charge in [-0.3, -0.25) is 0 Å². The van der Waals surface area contributed by atoms with Crippen LogP contribution in [0.2, 0.25) is 0 Å². The molecule has 10 heavy (non-hydrogen) atoms. The second kappa shape index (κ2) is 2.11. The minimum Gasteiger partial charge on any atom is -0.0847 e.